The Morgan fingerprint density at radius 1 is 1.57 bits per heavy atom. The summed E-state index contributed by atoms with van der Waals surface area (Å²) in [5, 5.41) is 9.34. The second kappa shape index (κ2) is 3.71. The van der Waals surface area contributed by atoms with Crippen molar-refractivity contribution in [1.29, 1.82) is 0 Å². The third kappa shape index (κ3) is 1.96. The number of likely N-dealkylation sites (tertiary alicyclic amines) is 1. The third-order valence-corrected chi connectivity index (χ3v) is 2.68. The first-order valence-corrected chi connectivity index (χ1v) is 4.98. The lowest BCUT2D eigenvalue weighted by Gasteiger charge is -2.11. The van der Waals surface area contributed by atoms with Crippen LogP contribution in [0, 0.1) is 13.8 Å². The largest absolute Gasteiger partial charge is 0.444 e. The second-order valence-corrected chi connectivity index (χ2v) is 3.93. The van der Waals surface area contributed by atoms with Gasteiger partial charge < -0.3 is 9.52 Å². The zero-order valence-corrected chi connectivity index (χ0v) is 8.66. The highest BCUT2D eigenvalue weighted by atomic mass is 16.4. The average Bonchev–Trinajstić information content (AvgIpc) is 2.62. The monoisotopic (exact) mass is 196 g/mol. The summed E-state index contributed by atoms with van der Waals surface area (Å²) in [7, 11) is 0. The van der Waals surface area contributed by atoms with Gasteiger partial charge in [-0.05, 0) is 20.3 Å². The maximum atomic E-state index is 9.34. The molecule has 4 nitrogen and oxygen atoms in total. The highest BCUT2D eigenvalue weighted by molar-refractivity contribution is 5.05. The van der Waals surface area contributed by atoms with E-state index in [1.165, 1.54) is 0 Å². The normalized spacial score (nSPS) is 23.2. The van der Waals surface area contributed by atoms with E-state index in [1.54, 1.807) is 0 Å². The molecule has 0 aliphatic carbocycles. The summed E-state index contributed by atoms with van der Waals surface area (Å²) in [5.74, 6) is 1.65. The van der Waals surface area contributed by atoms with Gasteiger partial charge in [-0.2, -0.15) is 0 Å². The minimum Gasteiger partial charge on any atom is -0.444 e. The fourth-order valence-corrected chi connectivity index (χ4v) is 1.75. The van der Waals surface area contributed by atoms with Gasteiger partial charge in [0.1, 0.15) is 5.76 Å². The molecule has 0 bridgehead atoms. The van der Waals surface area contributed by atoms with Crippen LogP contribution < -0.4 is 0 Å². The molecule has 0 saturated carbocycles. The van der Waals surface area contributed by atoms with Crippen LogP contribution in [-0.4, -0.2) is 34.2 Å². The molecule has 0 unspecified atom stereocenters. The predicted molar refractivity (Wildman–Crippen MR) is 51.9 cm³/mol. The van der Waals surface area contributed by atoms with Gasteiger partial charge in [-0.15, -0.1) is 0 Å². The van der Waals surface area contributed by atoms with E-state index in [9.17, 15) is 5.11 Å². The van der Waals surface area contributed by atoms with Crippen LogP contribution in [0.2, 0.25) is 0 Å². The number of oxazole rings is 1. The molecule has 1 aliphatic rings. The Bertz CT molecular complexity index is 302. The number of hydrogen-bond acceptors (Lipinski definition) is 4. The Labute approximate surface area is 83.5 Å². The smallest absolute Gasteiger partial charge is 0.208 e. The van der Waals surface area contributed by atoms with E-state index >= 15 is 0 Å². The Kier molecular flexibility index (Phi) is 2.56. The van der Waals surface area contributed by atoms with Crippen LogP contribution in [0.1, 0.15) is 23.8 Å². The summed E-state index contributed by atoms with van der Waals surface area (Å²) in [6.07, 6.45) is 0.686. The van der Waals surface area contributed by atoms with Crippen LogP contribution in [0.15, 0.2) is 4.42 Å². The van der Waals surface area contributed by atoms with Gasteiger partial charge in [-0.3, -0.25) is 4.90 Å². The van der Waals surface area contributed by atoms with E-state index in [-0.39, 0.29) is 6.10 Å². The highest BCUT2D eigenvalue weighted by Gasteiger charge is 2.21. The summed E-state index contributed by atoms with van der Waals surface area (Å²) in [5.41, 5.74) is 0.958. The molecule has 1 aromatic rings. The number of rotatable bonds is 2. The lowest BCUT2D eigenvalue weighted by molar-refractivity contribution is 0.171. The van der Waals surface area contributed by atoms with Crippen LogP contribution in [0.5, 0.6) is 0 Å². The predicted octanol–water partition coefficient (Wildman–Crippen LogP) is 0.858. The van der Waals surface area contributed by atoms with E-state index < -0.39 is 0 Å². The van der Waals surface area contributed by atoms with Crippen LogP contribution in [-0.2, 0) is 6.54 Å². The summed E-state index contributed by atoms with van der Waals surface area (Å²) >= 11 is 0. The van der Waals surface area contributed by atoms with Crippen molar-refractivity contribution in [2.75, 3.05) is 13.1 Å². The molecule has 1 aliphatic heterocycles. The number of hydrogen-bond donors (Lipinski definition) is 1. The molecule has 1 aromatic heterocycles. The first kappa shape index (κ1) is 9.68. The second-order valence-electron chi connectivity index (χ2n) is 3.93. The van der Waals surface area contributed by atoms with Gasteiger partial charge in [-0.25, -0.2) is 4.98 Å². The zero-order chi connectivity index (χ0) is 10.1. The van der Waals surface area contributed by atoms with E-state index in [0.29, 0.717) is 6.54 Å². The van der Waals surface area contributed by atoms with Gasteiger partial charge in [0.05, 0.1) is 18.3 Å². The maximum Gasteiger partial charge on any atom is 0.208 e. The van der Waals surface area contributed by atoms with Crippen molar-refractivity contribution in [3.8, 4) is 0 Å². The molecule has 0 aromatic carbocycles. The molecule has 1 atom stereocenters. The molecule has 78 valence electrons. The fourth-order valence-electron chi connectivity index (χ4n) is 1.75. The quantitative estimate of drug-likeness (QED) is 0.762. The Morgan fingerprint density at radius 3 is 2.86 bits per heavy atom. The molecule has 2 rings (SSSR count). The number of aryl methyl sites for hydroxylation is 2. The van der Waals surface area contributed by atoms with Crippen LogP contribution in [0.3, 0.4) is 0 Å². The average molecular weight is 196 g/mol. The molecule has 4 heteroatoms. The Balaban J connectivity index is 1.97. The topological polar surface area (TPSA) is 49.5 Å². The van der Waals surface area contributed by atoms with E-state index in [4.69, 9.17) is 4.42 Å². The van der Waals surface area contributed by atoms with Crippen molar-refractivity contribution < 1.29 is 9.52 Å². The lowest BCUT2D eigenvalue weighted by atomic mass is 10.3. The van der Waals surface area contributed by atoms with E-state index in [2.05, 4.69) is 9.88 Å². The maximum absolute atomic E-state index is 9.34. The molecule has 1 saturated heterocycles. The molecule has 0 spiro atoms. The van der Waals surface area contributed by atoms with Crippen molar-refractivity contribution in [2.24, 2.45) is 0 Å². The summed E-state index contributed by atoms with van der Waals surface area (Å²) in [6, 6.07) is 0. The Hall–Kier alpha value is -0.870. The van der Waals surface area contributed by atoms with Gasteiger partial charge in [0.15, 0.2) is 0 Å². The van der Waals surface area contributed by atoms with Crippen molar-refractivity contribution in [3.63, 3.8) is 0 Å². The van der Waals surface area contributed by atoms with E-state index in [0.717, 1.165) is 36.9 Å². The Morgan fingerprint density at radius 2 is 2.36 bits per heavy atom. The number of β-amino-alcohol motifs (C(OH)–C–C–N with tert-alkyl or cyclic N) is 1. The summed E-state index contributed by atoms with van der Waals surface area (Å²) in [4.78, 5) is 6.47. The van der Waals surface area contributed by atoms with Crippen molar-refractivity contribution in [3.05, 3.63) is 17.3 Å². The molecule has 2 heterocycles. The van der Waals surface area contributed by atoms with Crippen molar-refractivity contribution in [2.45, 2.75) is 32.9 Å². The molecule has 1 N–H and O–H groups in total. The van der Waals surface area contributed by atoms with Crippen LogP contribution in [0.25, 0.3) is 0 Å². The minimum absolute atomic E-state index is 0.174. The SMILES string of the molecule is Cc1nc(CN2CC[C@@H](O)C2)oc1C. The summed E-state index contributed by atoms with van der Waals surface area (Å²) < 4.78 is 5.48. The van der Waals surface area contributed by atoms with E-state index in [1.807, 2.05) is 13.8 Å². The minimum atomic E-state index is -0.174. The lowest BCUT2D eigenvalue weighted by Crippen LogP contribution is -2.21. The number of aliphatic hydroxyl groups is 1. The third-order valence-electron chi connectivity index (χ3n) is 2.68. The molecule has 0 amide bonds. The van der Waals surface area contributed by atoms with Gasteiger partial charge in [0.2, 0.25) is 5.89 Å². The highest BCUT2D eigenvalue weighted by Crippen LogP contribution is 2.15. The summed E-state index contributed by atoms with van der Waals surface area (Å²) in [6.45, 7) is 6.25. The fraction of sp³-hybridized carbons (Fsp3) is 0.700. The molecular formula is C10H16N2O2. The van der Waals surface area contributed by atoms with Gasteiger partial charge in [0, 0.05) is 13.1 Å². The number of nitrogens with zero attached hydrogens (tertiary/aromatic N) is 2. The van der Waals surface area contributed by atoms with Crippen LogP contribution in [0.4, 0.5) is 0 Å². The number of aliphatic hydroxyl groups excluding tert-OH is 1. The van der Waals surface area contributed by atoms with Gasteiger partial charge in [-0.1, -0.05) is 0 Å². The molecular weight excluding hydrogens is 180 g/mol. The van der Waals surface area contributed by atoms with Crippen molar-refractivity contribution >= 4 is 0 Å². The van der Waals surface area contributed by atoms with Gasteiger partial charge in [0.25, 0.3) is 0 Å². The van der Waals surface area contributed by atoms with Crippen LogP contribution >= 0.6 is 0 Å². The first-order valence-electron chi connectivity index (χ1n) is 4.98. The molecule has 0 radical (unpaired) electrons. The van der Waals surface area contributed by atoms with Crippen molar-refractivity contribution in [1.82, 2.24) is 9.88 Å². The molecule has 14 heavy (non-hydrogen) atoms. The number of aromatic nitrogens is 1. The zero-order valence-electron chi connectivity index (χ0n) is 8.66. The standard InChI is InChI=1S/C10H16N2O2/c1-7-8(2)14-10(11-7)6-12-4-3-9(13)5-12/h9,13H,3-6H2,1-2H3/t9-/m1/s1. The molecule has 1 fully saturated rings. The first-order chi connectivity index (χ1) is 6.65. The van der Waals surface area contributed by atoms with Gasteiger partial charge >= 0.3 is 0 Å².